The summed E-state index contributed by atoms with van der Waals surface area (Å²) in [6.07, 6.45) is 0. The van der Waals surface area contributed by atoms with Crippen LogP contribution in [0.5, 0.6) is 0 Å². The molecular weight excluding hydrogens is 264 g/mol. The highest BCUT2D eigenvalue weighted by Crippen LogP contribution is 2.19. The standard InChI is InChI=1S/C16H26N4O/c1-12-9-20(10-15(12)19(2)3)11-16(21)18-14-6-4-13(8-17)5-7-14/h4-7,12,15H,8-11,17H2,1-3H3,(H,18,21). The summed E-state index contributed by atoms with van der Waals surface area (Å²) in [6.45, 7) is 5.14. The molecule has 2 rings (SSSR count). The number of nitrogens with two attached hydrogens (primary N) is 1. The molecule has 1 heterocycles. The van der Waals surface area contributed by atoms with E-state index in [0.717, 1.165) is 24.3 Å². The molecule has 1 aliphatic heterocycles. The first-order chi connectivity index (χ1) is 9.99. The molecule has 0 saturated carbocycles. The van der Waals surface area contributed by atoms with E-state index in [0.29, 0.717) is 25.0 Å². The van der Waals surface area contributed by atoms with Gasteiger partial charge in [0.1, 0.15) is 0 Å². The lowest BCUT2D eigenvalue weighted by atomic mass is 10.1. The first kappa shape index (κ1) is 15.9. The van der Waals surface area contributed by atoms with Crippen LogP contribution in [-0.4, -0.2) is 55.5 Å². The fourth-order valence-electron chi connectivity index (χ4n) is 2.98. The monoisotopic (exact) mass is 290 g/mol. The van der Waals surface area contributed by atoms with Crippen molar-refractivity contribution in [2.75, 3.05) is 39.0 Å². The number of amides is 1. The van der Waals surface area contributed by atoms with Gasteiger partial charge in [-0.2, -0.15) is 0 Å². The predicted molar refractivity (Wildman–Crippen MR) is 86.0 cm³/mol. The van der Waals surface area contributed by atoms with Gasteiger partial charge in [-0.3, -0.25) is 9.69 Å². The molecule has 1 aromatic carbocycles. The van der Waals surface area contributed by atoms with Gasteiger partial charge in [0.2, 0.25) is 5.91 Å². The normalized spacial score (nSPS) is 22.7. The lowest BCUT2D eigenvalue weighted by molar-refractivity contribution is -0.117. The van der Waals surface area contributed by atoms with Crippen LogP contribution in [0.15, 0.2) is 24.3 Å². The van der Waals surface area contributed by atoms with Gasteiger partial charge in [0.15, 0.2) is 0 Å². The number of likely N-dealkylation sites (N-methyl/N-ethyl adjacent to an activating group) is 1. The third-order valence-corrected chi connectivity index (χ3v) is 4.15. The summed E-state index contributed by atoms with van der Waals surface area (Å²) < 4.78 is 0. The van der Waals surface area contributed by atoms with E-state index in [1.165, 1.54) is 0 Å². The Labute approximate surface area is 127 Å². The van der Waals surface area contributed by atoms with Crippen molar-refractivity contribution in [3.63, 3.8) is 0 Å². The maximum Gasteiger partial charge on any atom is 0.238 e. The van der Waals surface area contributed by atoms with Crippen LogP contribution in [-0.2, 0) is 11.3 Å². The molecule has 3 N–H and O–H groups in total. The molecule has 0 aromatic heterocycles. The summed E-state index contributed by atoms with van der Waals surface area (Å²) in [5.41, 5.74) is 7.45. The number of rotatable bonds is 5. The lowest BCUT2D eigenvalue weighted by Crippen LogP contribution is -2.36. The number of nitrogens with zero attached hydrogens (tertiary/aromatic N) is 2. The third kappa shape index (κ3) is 4.27. The number of hydrogen-bond donors (Lipinski definition) is 2. The van der Waals surface area contributed by atoms with Crippen molar-refractivity contribution in [1.29, 1.82) is 0 Å². The molecule has 0 bridgehead atoms. The van der Waals surface area contributed by atoms with E-state index in [1.54, 1.807) is 0 Å². The maximum atomic E-state index is 12.1. The molecule has 2 unspecified atom stereocenters. The molecule has 1 aliphatic rings. The second-order valence-corrected chi connectivity index (χ2v) is 6.15. The summed E-state index contributed by atoms with van der Waals surface area (Å²) in [4.78, 5) is 16.6. The Morgan fingerprint density at radius 3 is 2.52 bits per heavy atom. The van der Waals surface area contributed by atoms with Gasteiger partial charge in [-0.05, 0) is 37.7 Å². The molecule has 2 atom stereocenters. The summed E-state index contributed by atoms with van der Waals surface area (Å²) in [7, 11) is 4.20. The zero-order valence-electron chi connectivity index (χ0n) is 13.2. The topological polar surface area (TPSA) is 61.6 Å². The Hall–Kier alpha value is -1.43. The van der Waals surface area contributed by atoms with Crippen molar-refractivity contribution in [1.82, 2.24) is 9.80 Å². The zero-order chi connectivity index (χ0) is 15.4. The van der Waals surface area contributed by atoms with E-state index in [4.69, 9.17) is 5.73 Å². The Kier molecular flexibility index (Phi) is 5.33. The molecule has 1 saturated heterocycles. The molecule has 5 nitrogen and oxygen atoms in total. The van der Waals surface area contributed by atoms with Gasteiger partial charge >= 0.3 is 0 Å². The fraction of sp³-hybridized carbons (Fsp3) is 0.562. The molecule has 0 radical (unpaired) electrons. The van der Waals surface area contributed by atoms with Crippen molar-refractivity contribution in [3.8, 4) is 0 Å². The maximum absolute atomic E-state index is 12.1. The highest BCUT2D eigenvalue weighted by Gasteiger charge is 2.31. The number of nitrogens with one attached hydrogen (secondary N) is 1. The van der Waals surface area contributed by atoms with Gasteiger partial charge in [0, 0.05) is 31.4 Å². The molecular formula is C16H26N4O. The van der Waals surface area contributed by atoms with Crippen LogP contribution < -0.4 is 11.1 Å². The van der Waals surface area contributed by atoms with Gasteiger partial charge in [-0.1, -0.05) is 19.1 Å². The van der Waals surface area contributed by atoms with E-state index in [9.17, 15) is 4.79 Å². The minimum absolute atomic E-state index is 0.0436. The molecule has 5 heteroatoms. The molecule has 1 fully saturated rings. The summed E-state index contributed by atoms with van der Waals surface area (Å²) in [5, 5.41) is 2.94. The quantitative estimate of drug-likeness (QED) is 0.848. The molecule has 1 amide bonds. The van der Waals surface area contributed by atoms with Gasteiger partial charge in [-0.15, -0.1) is 0 Å². The molecule has 1 aromatic rings. The first-order valence-electron chi connectivity index (χ1n) is 7.47. The van der Waals surface area contributed by atoms with Crippen LogP contribution in [0.25, 0.3) is 0 Å². The minimum atomic E-state index is 0.0436. The Morgan fingerprint density at radius 1 is 1.33 bits per heavy atom. The Balaban J connectivity index is 1.84. The van der Waals surface area contributed by atoms with E-state index < -0.39 is 0 Å². The number of likely N-dealkylation sites (tertiary alicyclic amines) is 1. The van der Waals surface area contributed by atoms with Crippen molar-refractivity contribution < 1.29 is 4.79 Å². The fourth-order valence-corrected chi connectivity index (χ4v) is 2.98. The van der Waals surface area contributed by atoms with Crippen LogP contribution in [0.2, 0.25) is 0 Å². The van der Waals surface area contributed by atoms with Crippen LogP contribution in [0.1, 0.15) is 12.5 Å². The minimum Gasteiger partial charge on any atom is -0.326 e. The van der Waals surface area contributed by atoms with E-state index in [-0.39, 0.29) is 5.91 Å². The van der Waals surface area contributed by atoms with E-state index in [2.05, 4.69) is 36.1 Å². The Morgan fingerprint density at radius 2 is 2.00 bits per heavy atom. The smallest absolute Gasteiger partial charge is 0.238 e. The third-order valence-electron chi connectivity index (χ3n) is 4.15. The number of anilines is 1. The second-order valence-electron chi connectivity index (χ2n) is 6.15. The van der Waals surface area contributed by atoms with Gasteiger partial charge in [-0.25, -0.2) is 0 Å². The van der Waals surface area contributed by atoms with Crippen LogP contribution >= 0.6 is 0 Å². The van der Waals surface area contributed by atoms with Crippen molar-refractivity contribution >= 4 is 11.6 Å². The summed E-state index contributed by atoms with van der Waals surface area (Å²) in [5.74, 6) is 0.638. The molecule has 0 spiro atoms. The van der Waals surface area contributed by atoms with Gasteiger partial charge in [0.25, 0.3) is 0 Å². The van der Waals surface area contributed by atoms with Crippen LogP contribution in [0.4, 0.5) is 5.69 Å². The number of benzene rings is 1. The van der Waals surface area contributed by atoms with Crippen molar-refractivity contribution in [2.24, 2.45) is 11.7 Å². The van der Waals surface area contributed by atoms with Crippen molar-refractivity contribution in [3.05, 3.63) is 29.8 Å². The summed E-state index contributed by atoms with van der Waals surface area (Å²) >= 11 is 0. The van der Waals surface area contributed by atoms with Gasteiger partial charge < -0.3 is 16.0 Å². The highest BCUT2D eigenvalue weighted by molar-refractivity contribution is 5.92. The number of carbonyl (C=O) groups is 1. The van der Waals surface area contributed by atoms with Crippen LogP contribution in [0, 0.1) is 5.92 Å². The average molecular weight is 290 g/mol. The number of hydrogen-bond acceptors (Lipinski definition) is 4. The zero-order valence-corrected chi connectivity index (χ0v) is 13.2. The van der Waals surface area contributed by atoms with Crippen LogP contribution in [0.3, 0.4) is 0 Å². The number of carbonyl (C=O) groups excluding carboxylic acids is 1. The summed E-state index contributed by atoms with van der Waals surface area (Å²) in [6, 6.07) is 8.21. The lowest BCUT2D eigenvalue weighted by Gasteiger charge is -2.22. The molecule has 0 aliphatic carbocycles. The predicted octanol–water partition coefficient (Wildman–Crippen LogP) is 0.966. The highest BCUT2D eigenvalue weighted by atomic mass is 16.2. The van der Waals surface area contributed by atoms with E-state index >= 15 is 0 Å². The van der Waals surface area contributed by atoms with Gasteiger partial charge in [0.05, 0.1) is 6.54 Å². The second kappa shape index (κ2) is 7.02. The molecule has 116 valence electrons. The first-order valence-corrected chi connectivity index (χ1v) is 7.47. The Bertz CT molecular complexity index is 472. The average Bonchev–Trinajstić information content (AvgIpc) is 2.80. The van der Waals surface area contributed by atoms with E-state index in [1.807, 2.05) is 24.3 Å². The van der Waals surface area contributed by atoms with Crippen molar-refractivity contribution in [2.45, 2.75) is 19.5 Å². The largest absolute Gasteiger partial charge is 0.326 e. The molecule has 21 heavy (non-hydrogen) atoms. The SMILES string of the molecule is CC1CN(CC(=O)Nc2ccc(CN)cc2)CC1N(C)C.